The lowest BCUT2D eigenvalue weighted by molar-refractivity contribution is 0.354. The Bertz CT molecular complexity index is 46.1. The van der Waals surface area contributed by atoms with E-state index in [0.717, 1.165) is 0 Å². The van der Waals surface area contributed by atoms with Crippen LogP contribution in [0.5, 0.6) is 0 Å². The highest BCUT2D eigenvalue weighted by molar-refractivity contribution is 7.78. The van der Waals surface area contributed by atoms with Crippen LogP contribution in [0.2, 0.25) is 0 Å². The van der Waals surface area contributed by atoms with E-state index in [1.54, 1.807) is 0 Å². The van der Waals surface area contributed by atoms with Gasteiger partial charge in [0.2, 0.25) is 0 Å². The van der Waals surface area contributed by atoms with Crippen molar-refractivity contribution in [2.45, 2.75) is 0 Å². The summed E-state index contributed by atoms with van der Waals surface area (Å²) in [6.45, 7) is 0. The molecule has 5 heteroatoms. The molecule has 0 heterocycles. The monoisotopic (exact) mass is 113 g/mol. The molecule has 5 N–H and O–H groups in total. The predicted octanol–water partition coefficient (Wildman–Crippen LogP) is -0.680. The lowest BCUT2D eigenvalue weighted by Gasteiger charge is -1.73. The maximum Gasteiger partial charge on any atom is 0.179 e. The van der Waals surface area contributed by atoms with E-state index in [1.807, 2.05) is 0 Å². The Hall–Kier alpha value is 0.0300. The van der Waals surface area contributed by atoms with Crippen LogP contribution in [0.3, 0.4) is 0 Å². The van der Waals surface area contributed by atoms with Gasteiger partial charge in [0, 0.05) is 0 Å². The Morgan fingerprint density at radius 3 is 1.83 bits per heavy atom. The normalized spacial score (nSPS) is 12.3. The third kappa shape index (κ3) is 8.98. The van der Waals surface area contributed by atoms with E-state index in [0.29, 0.717) is 0 Å². The lowest BCUT2D eigenvalue weighted by atomic mass is 11.7. The Morgan fingerprint density at radius 2 is 1.83 bits per heavy atom. The largest absolute Gasteiger partial charge is 0.381 e. The fourth-order valence-electron chi connectivity index (χ4n) is 0. The molecule has 0 saturated heterocycles. The summed E-state index contributed by atoms with van der Waals surface area (Å²) >= 11 is -2.02. The van der Waals surface area contributed by atoms with Crippen LogP contribution in [-0.2, 0) is 11.1 Å². The second kappa shape index (κ2) is 5.03. The standard InChI is InChI=1S/CH4O3S.H3N/c2-1-5(3)4;/h2H,1H2,(H,3,4);1H3. The fourth-order valence-corrected chi connectivity index (χ4v) is 0. The summed E-state index contributed by atoms with van der Waals surface area (Å²) in [5.41, 5.74) is 0. The molecule has 0 rings (SSSR count). The van der Waals surface area contributed by atoms with Crippen LogP contribution in [-0.4, -0.2) is 19.8 Å². The molecule has 1 unspecified atom stereocenters. The molecule has 0 bridgehead atoms. The van der Waals surface area contributed by atoms with Crippen molar-refractivity contribution in [3.8, 4) is 0 Å². The van der Waals surface area contributed by atoms with Crippen molar-refractivity contribution in [3.63, 3.8) is 0 Å². The van der Waals surface area contributed by atoms with E-state index in [-0.39, 0.29) is 6.15 Å². The summed E-state index contributed by atoms with van der Waals surface area (Å²) < 4.78 is 16.8. The number of aliphatic hydroxyl groups excluding tert-OH is 1. The summed E-state index contributed by atoms with van der Waals surface area (Å²) in [6, 6.07) is 0. The van der Waals surface area contributed by atoms with Gasteiger partial charge in [-0.3, -0.25) is 0 Å². The molecule has 0 aromatic rings. The summed E-state index contributed by atoms with van der Waals surface area (Å²) in [7, 11) is 0. The molecule has 0 amide bonds. The van der Waals surface area contributed by atoms with Crippen molar-refractivity contribution in [1.29, 1.82) is 0 Å². The summed E-state index contributed by atoms with van der Waals surface area (Å²) in [6.07, 6.45) is 0. The van der Waals surface area contributed by atoms with Crippen molar-refractivity contribution in [2.24, 2.45) is 0 Å². The topological polar surface area (TPSA) is 92.5 Å². The zero-order valence-electron chi connectivity index (χ0n) is 3.13. The molecule has 6 heavy (non-hydrogen) atoms. The number of rotatable bonds is 1. The molecule has 0 aliphatic heterocycles. The van der Waals surface area contributed by atoms with E-state index in [2.05, 4.69) is 0 Å². The Labute approximate surface area is 38.0 Å². The lowest BCUT2D eigenvalue weighted by Crippen LogP contribution is -1.89. The number of hydrogen-bond donors (Lipinski definition) is 3. The zero-order valence-corrected chi connectivity index (χ0v) is 3.94. The van der Waals surface area contributed by atoms with Gasteiger partial charge < -0.3 is 15.8 Å². The minimum atomic E-state index is -2.02. The second-order valence-corrected chi connectivity index (χ2v) is 1.35. The molecule has 1 atom stereocenters. The highest BCUT2D eigenvalue weighted by atomic mass is 32.2. The zero-order chi connectivity index (χ0) is 4.28. The van der Waals surface area contributed by atoms with E-state index in [1.165, 1.54) is 0 Å². The molecular formula is CH7NO3S. The quantitative estimate of drug-likeness (QED) is 0.393. The smallest absolute Gasteiger partial charge is 0.179 e. The molecule has 4 nitrogen and oxygen atoms in total. The van der Waals surface area contributed by atoms with Crippen molar-refractivity contribution in [1.82, 2.24) is 6.15 Å². The molecule has 40 valence electrons. The Balaban J connectivity index is 0. The van der Waals surface area contributed by atoms with Gasteiger partial charge in [-0.25, -0.2) is 4.21 Å². The van der Waals surface area contributed by atoms with Crippen LogP contribution >= 0.6 is 0 Å². The maximum atomic E-state index is 9.23. The van der Waals surface area contributed by atoms with Crippen molar-refractivity contribution in [3.05, 3.63) is 0 Å². The van der Waals surface area contributed by atoms with E-state index >= 15 is 0 Å². The van der Waals surface area contributed by atoms with E-state index in [9.17, 15) is 4.21 Å². The van der Waals surface area contributed by atoms with Crippen LogP contribution in [0.15, 0.2) is 0 Å². The van der Waals surface area contributed by atoms with Gasteiger partial charge in [-0.15, -0.1) is 0 Å². The minimum absolute atomic E-state index is 0. The molecule has 0 aliphatic rings. The average Bonchev–Trinajstić information content (AvgIpc) is 1.38. The first-order chi connectivity index (χ1) is 2.27. The van der Waals surface area contributed by atoms with Crippen LogP contribution in [0.4, 0.5) is 0 Å². The van der Waals surface area contributed by atoms with Gasteiger partial charge in [0.15, 0.2) is 11.1 Å². The number of aliphatic hydroxyl groups is 1. The molecule has 0 aromatic carbocycles. The molecule has 0 aliphatic carbocycles. The van der Waals surface area contributed by atoms with E-state index < -0.39 is 17.0 Å². The summed E-state index contributed by atoms with van der Waals surface area (Å²) in [4.78, 5) is 0. The third-order valence-electron chi connectivity index (χ3n) is 0.110. The molecule has 0 saturated carbocycles. The molecule has 0 fully saturated rings. The number of hydrogen-bond acceptors (Lipinski definition) is 3. The highest BCUT2D eigenvalue weighted by Gasteiger charge is 1.77. The molecule has 0 aromatic heterocycles. The van der Waals surface area contributed by atoms with Gasteiger partial charge in [-0.2, -0.15) is 0 Å². The van der Waals surface area contributed by atoms with Crippen LogP contribution in [0.25, 0.3) is 0 Å². The van der Waals surface area contributed by atoms with Crippen LogP contribution in [0.1, 0.15) is 0 Å². The first-order valence-corrected chi connectivity index (χ1v) is 2.23. The van der Waals surface area contributed by atoms with Crippen molar-refractivity contribution in [2.75, 3.05) is 5.94 Å². The van der Waals surface area contributed by atoms with Crippen molar-refractivity contribution >= 4 is 11.1 Å². The fraction of sp³-hybridized carbons (Fsp3) is 1.00. The average molecular weight is 113 g/mol. The molecular weight excluding hydrogens is 106 g/mol. The second-order valence-electron chi connectivity index (χ2n) is 0.451. The van der Waals surface area contributed by atoms with Crippen molar-refractivity contribution < 1.29 is 13.9 Å². The maximum absolute atomic E-state index is 9.23. The first kappa shape index (κ1) is 9.39. The molecule has 0 radical (unpaired) electrons. The Morgan fingerprint density at radius 1 is 1.67 bits per heavy atom. The van der Waals surface area contributed by atoms with Gasteiger partial charge in [-0.1, -0.05) is 0 Å². The van der Waals surface area contributed by atoms with Gasteiger partial charge >= 0.3 is 0 Å². The van der Waals surface area contributed by atoms with Gasteiger partial charge in [0.05, 0.1) is 0 Å². The minimum Gasteiger partial charge on any atom is -0.381 e. The van der Waals surface area contributed by atoms with Gasteiger partial charge in [0.1, 0.15) is 5.94 Å². The first-order valence-electron chi connectivity index (χ1n) is 0.954. The predicted molar refractivity (Wildman–Crippen MR) is 22.9 cm³/mol. The van der Waals surface area contributed by atoms with Crippen LogP contribution < -0.4 is 6.15 Å². The van der Waals surface area contributed by atoms with Crippen LogP contribution in [0, 0.1) is 0 Å². The third-order valence-corrected chi connectivity index (χ3v) is 0.331. The van der Waals surface area contributed by atoms with Gasteiger partial charge in [0.25, 0.3) is 0 Å². The summed E-state index contributed by atoms with van der Waals surface area (Å²) in [5, 5.41) is 7.59. The SMILES string of the molecule is N.O=S(O)CO. The van der Waals surface area contributed by atoms with E-state index in [4.69, 9.17) is 9.66 Å². The molecule has 0 spiro atoms. The van der Waals surface area contributed by atoms with Gasteiger partial charge in [-0.05, 0) is 0 Å². The summed E-state index contributed by atoms with van der Waals surface area (Å²) in [5.74, 6) is -0.667. The highest BCUT2D eigenvalue weighted by Crippen LogP contribution is 1.59. The Kier molecular flexibility index (Phi) is 7.88.